The van der Waals surface area contributed by atoms with Gasteiger partial charge in [0.1, 0.15) is 31.1 Å². The number of benzene rings is 2. The number of nitrogens with zero attached hydrogens (tertiary/aromatic N) is 2. The summed E-state index contributed by atoms with van der Waals surface area (Å²) in [6.07, 6.45) is 1.34. The number of anilines is 2. The van der Waals surface area contributed by atoms with Gasteiger partial charge in [0, 0.05) is 29.4 Å². The van der Waals surface area contributed by atoms with Crippen LogP contribution in [0.15, 0.2) is 54.9 Å². The Morgan fingerprint density at radius 2 is 1.79 bits per heavy atom. The van der Waals surface area contributed by atoms with Gasteiger partial charge in [0.15, 0.2) is 11.5 Å². The van der Waals surface area contributed by atoms with Crippen LogP contribution < -0.4 is 20.1 Å². The smallest absolute Gasteiger partial charge is 0.270 e. The summed E-state index contributed by atoms with van der Waals surface area (Å²) in [5.41, 5.74) is 1.99. The summed E-state index contributed by atoms with van der Waals surface area (Å²) >= 11 is 5.87. The summed E-state index contributed by atoms with van der Waals surface area (Å²) in [5.74, 6) is 1.60. The van der Waals surface area contributed by atoms with Crippen LogP contribution >= 0.6 is 11.6 Å². The molecule has 8 heteroatoms. The maximum atomic E-state index is 12.4. The van der Waals surface area contributed by atoms with E-state index in [2.05, 4.69) is 20.6 Å². The summed E-state index contributed by atoms with van der Waals surface area (Å²) in [4.78, 5) is 20.6. The van der Waals surface area contributed by atoms with Gasteiger partial charge in [0.05, 0.1) is 0 Å². The first kappa shape index (κ1) is 18.1. The van der Waals surface area contributed by atoms with Gasteiger partial charge < -0.3 is 20.1 Å². The monoisotopic (exact) mass is 396 g/mol. The highest BCUT2D eigenvalue weighted by molar-refractivity contribution is 6.30. The van der Waals surface area contributed by atoms with E-state index in [9.17, 15) is 4.79 Å². The Morgan fingerprint density at radius 3 is 2.61 bits per heavy atom. The number of carbonyl (C=O) groups is 1. The molecule has 1 aromatic heterocycles. The van der Waals surface area contributed by atoms with Gasteiger partial charge in [0.2, 0.25) is 0 Å². The van der Waals surface area contributed by atoms with Gasteiger partial charge in [-0.1, -0.05) is 23.7 Å². The lowest BCUT2D eigenvalue weighted by Gasteiger charge is -2.19. The quantitative estimate of drug-likeness (QED) is 0.685. The van der Waals surface area contributed by atoms with Gasteiger partial charge in [-0.2, -0.15) is 0 Å². The molecule has 1 aliphatic rings. The lowest BCUT2D eigenvalue weighted by Crippen LogP contribution is -2.24. The average Bonchev–Trinajstić information content (AvgIpc) is 2.73. The number of hydrogen-bond donors (Lipinski definition) is 2. The summed E-state index contributed by atoms with van der Waals surface area (Å²) in [6, 6.07) is 14.4. The zero-order chi connectivity index (χ0) is 19.3. The number of ether oxygens (including phenoxy) is 2. The van der Waals surface area contributed by atoms with Crippen LogP contribution in [0.5, 0.6) is 11.5 Å². The fourth-order valence-electron chi connectivity index (χ4n) is 2.69. The molecule has 0 aliphatic carbocycles. The molecule has 4 rings (SSSR count). The molecule has 28 heavy (non-hydrogen) atoms. The van der Waals surface area contributed by atoms with Crippen LogP contribution in [0.4, 0.5) is 11.5 Å². The third-order valence-corrected chi connectivity index (χ3v) is 4.33. The van der Waals surface area contributed by atoms with E-state index in [0.29, 0.717) is 42.1 Å². The molecule has 0 saturated carbocycles. The highest BCUT2D eigenvalue weighted by Gasteiger charge is 2.13. The third kappa shape index (κ3) is 4.32. The van der Waals surface area contributed by atoms with Crippen molar-refractivity contribution in [2.45, 2.75) is 6.54 Å². The number of nitrogens with one attached hydrogen (secondary N) is 2. The van der Waals surface area contributed by atoms with Crippen molar-refractivity contribution in [3.05, 3.63) is 71.1 Å². The van der Waals surface area contributed by atoms with Crippen molar-refractivity contribution in [1.82, 2.24) is 15.3 Å². The Kier molecular flexibility index (Phi) is 5.25. The van der Waals surface area contributed by atoms with Crippen molar-refractivity contribution >= 4 is 29.0 Å². The van der Waals surface area contributed by atoms with Crippen molar-refractivity contribution in [3.8, 4) is 11.5 Å². The topological polar surface area (TPSA) is 85.4 Å². The van der Waals surface area contributed by atoms with E-state index in [1.807, 2.05) is 30.3 Å². The molecule has 2 aromatic carbocycles. The first-order valence-corrected chi connectivity index (χ1v) is 9.06. The summed E-state index contributed by atoms with van der Waals surface area (Å²) in [5, 5.41) is 6.63. The molecule has 0 spiro atoms. The van der Waals surface area contributed by atoms with E-state index in [-0.39, 0.29) is 11.6 Å². The van der Waals surface area contributed by atoms with Gasteiger partial charge >= 0.3 is 0 Å². The average molecular weight is 397 g/mol. The number of halogens is 1. The van der Waals surface area contributed by atoms with Crippen molar-refractivity contribution in [2.24, 2.45) is 0 Å². The van der Waals surface area contributed by atoms with Crippen molar-refractivity contribution in [1.29, 1.82) is 0 Å². The zero-order valence-electron chi connectivity index (χ0n) is 14.8. The standard InChI is InChI=1S/C20H17ClN4O3/c21-14-3-1-13(2-4-14)11-22-20(26)16-10-19(24-12-23-16)25-15-5-6-17-18(9-15)28-8-7-27-17/h1-6,9-10,12H,7-8,11H2,(H,22,26)(H,23,24,25). The molecule has 2 heterocycles. The molecule has 1 aliphatic heterocycles. The van der Waals surface area contributed by atoms with Crippen LogP contribution in [-0.2, 0) is 6.54 Å². The minimum atomic E-state index is -0.289. The molecule has 0 saturated heterocycles. The SMILES string of the molecule is O=C(NCc1ccc(Cl)cc1)c1cc(Nc2ccc3c(c2)OCCO3)ncn1. The Balaban J connectivity index is 1.42. The van der Waals surface area contributed by atoms with Crippen LogP contribution in [0.1, 0.15) is 16.1 Å². The first-order valence-electron chi connectivity index (χ1n) is 8.69. The van der Waals surface area contributed by atoms with Gasteiger partial charge in [-0.05, 0) is 29.8 Å². The van der Waals surface area contributed by atoms with E-state index < -0.39 is 0 Å². The molecule has 0 fully saturated rings. The molecule has 142 valence electrons. The molecular weight excluding hydrogens is 380 g/mol. The largest absolute Gasteiger partial charge is 0.486 e. The lowest BCUT2D eigenvalue weighted by molar-refractivity contribution is 0.0946. The van der Waals surface area contributed by atoms with E-state index in [1.165, 1.54) is 6.33 Å². The zero-order valence-corrected chi connectivity index (χ0v) is 15.6. The predicted molar refractivity (Wildman–Crippen MR) is 105 cm³/mol. The molecule has 7 nitrogen and oxygen atoms in total. The van der Waals surface area contributed by atoms with E-state index >= 15 is 0 Å². The number of hydrogen-bond acceptors (Lipinski definition) is 6. The van der Waals surface area contributed by atoms with Gasteiger partial charge in [0.25, 0.3) is 5.91 Å². The minimum absolute atomic E-state index is 0.268. The van der Waals surface area contributed by atoms with Crippen molar-refractivity contribution < 1.29 is 14.3 Å². The molecule has 0 radical (unpaired) electrons. The van der Waals surface area contributed by atoms with Crippen LogP contribution in [0.3, 0.4) is 0 Å². The van der Waals surface area contributed by atoms with Crippen molar-refractivity contribution in [2.75, 3.05) is 18.5 Å². The second kappa shape index (κ2) is 8.14. The second-order valence-electron chi connectivity index (χ2n) is 6.08. The van der Waals surface area contributed by atoms with E-state index in [4.69, 9.17) is 21.1 Å². The van der Waals surface area contributed by atoms with Crippen LogP contribution in [0.25, 0.3) is 0 Å². The molecule has 1 amide bonds. The molecule has 0 bridgehead atoms. The molecule has 2 N–H and O–H groups in total. The molecule has 0 atom stereocenters. The van der Waals surface area contributed by atoms with E-state index in [0.717, 1.165) is 11.3 Å². The van der Waals surface area contributed by atoms with Gasteiger partial charge in [-0.3, -0.25) is 4.79 Å². The predicted octanol–water partition coefficient (Wildman–Crippen LogP) is 3.57. The number of aromatic nitrogens is 2. The van der Waals surface area contributed by atoms with Gasteiger partial charge in [-0.15, -0.1) is 0 Å². The van der Waals surface area contributed by atoms with Crippen molar-refractivity contribution in [3.63, 3.8) is 0 Å². The number of rotatable bonds is 5. The fourth-order valence-corrected chi connectivity index (χ4v) is 2.82. The minimum Gasteiger partial charge on any atom is -0.486 e. The summed E-state index contributed by atoms with van der Waals surface area (Å²) in [7, 11) is 0. The number of amides is 1. The Hall–Kier alpha value is -3.32. The third-order valence-electron chi connectivity index (χ3n) is 4.08. The Morgan fingerprint density at radius 1 is 1.00 bits per heavy atom. The maximum absolute atomic E-state index is 12.4. The van der Waals surface area contributed by atoms with Crippen LogP contribution in [0, 0.1) is 0 Å². The lowest BCUT2D eigenvalue weighted by atomic mass is 10.2. The van der Waals surface area contributed by atoms with Crippen LogP contribution in [-0.4, -0.2) is 29.1 Å². The summed E-state index contributed by atoms with van der Waals surface area (Å²) in [6.45, 7) is 1.44. The molecular formula is C20H17ClN4O3. The Labute approximate surface area is 166 Å². The number of carbonyl (C=O) groups excluding carboxylic acids is 1. The highest BCUT2D eigenvalue weighted by Crippen LogP contribution is 2.33. The normalized spacial score (nSPS) is 12.3. The second-order valence-corrected chi connectivity index (χ2v) is 6.52. The Bertz CT molecular complexity index is 995. The molecule has 0 unspecified atom stereocenters. The first-order chi connectivity index (χ1) is 13.7. The van der Waals surface area contributed by atoms with E-state index in [1.54, 1.807) is 18.2 Å². The van der Waals surface area contributed by atoms with Gasteiger partial charge in [-0.25, -0.2) is 9.97 Å². The summed E-state index contributed by atoms with van der Waals surface area (Å²) < 4.78 is 11.1. The number of fused-ring (bicyclic) bond motifs is 1. The molecule has 3 aromatic rings. The highest BCUT2D eigenvalue weighted by atomic mass is 35.5. The maximum Gasteiger partial charge on any atom is 0.270 e. The fraction of sp³-hybridized carbons (Fsp3) is 0.150. The van der Waals surface area contributed by atoms with Crippen LogP contribution in [0.2, 0.25) is 5.02 Å².